The number of anilines is 1. The molecule has 168 valence electrons. The van der Waals surface area contributed by atoms with Crippen LogP contribution in [0.4, 0.5) is 18.9 Å². The van der Waals surface area contributed by atoms with E-state index in [0.717, 1.165) is 29.0 Å². The smallest absolute Gasteiger partial charge is 0.194 e. The lowest BCUT2D eigenvalue weighted by Gasteiger charge is -2.43. The van der Waals surface area contributed by atoms with Crippen molar-refractivity contribution in [2.75, 3.05) is 18.5 Å². The van der Waals surface area contributed by atoms with Crippen molar-refractivity contribution in [2.45, 2.75) is 55.3 Å². The molecule has 0 bridgehead atoms. The van der Waals surface area contributed by atoms with E-state index in [0.29, 0.717) is 11.4 Å². The van der Waals surface area contributed by atoms with Gasteiger partial charge in [0, 0.05) is 34.8 Å². The van der Waals surface area contributed by atoms with E-state index in [-0.39, 0.29) is 37.1 Å². The molecule has 2 fully saturated rings. The lowest BCUT2D eigenvalue weighted by molar-refractivity contribution is -0.0448. The van der Waals surface area contributed by atoms with Crippen LogP contribution in [0.1, 0.15) is 32.3 Å². The fraction of sp³-hybridized carbons (Fsp3) is 0.455. The Balaban J connectivity index is 1.62. The lowest BCUT2D eigenvalue weighted by atomic mass is 9.87. The predicted molar refractivity (Wildman–Crippen MR) is 116 cm³/mol. The first kappa shape index (κ1) is 22.7. The third-order valence-electron chi connectivity index (χ3n) is 5.96. The SMILES string of the molecule is CCC1C(O)CC(C)N1Sc1cc(C2(Nc3cc(F)c(F)c(F)c3)COC2)ccc1Cl. The van der Waals surface area contributed by atoms with E-state index in [9.17, 15) is 18.3 Å². The molecule has 0 saturated carbocycles. The molecule has 2 aromatic rings. The first-order chi connectivity index (χ1) is 14.7. The molecule has 0 aliphatic carbocycles. The van der Waals surface area contributed by atoms with Gasteiger partial charge in [-0.15, -0.1) is 0 Å². The number of ether oxygens (including phenoxy) is 1. The Morgan fingerprint density at radius 3 is 2.48 bits per heavy atom. The average Bonchev–Trinajstić information content (AvgIpc) is 2.96. The summed E-state index contributed by atoms with van der Waals surface area (Å²) in [6.45, 7) is 4.69. The molecule has 2 N–H and O–H groups in total. The molecule has 2 aliphatic rings. The van der Waals surface area contributed by atoms with Gasteiger partial charge in [-0.25, -0.2) is 17.5 Å². The third-order valence-corrected chi connectivity index (χ3v) is 7.78. The lowest BCUT2D eigenvalue weighted by Crippen LogP contribution is -2.53. The van der Waals surface area contributed by atoms with Crippen LogP contribution >= 0.6 is 23.5 Å². The number of halogens is 4. The van der Waals surface area contributed by atoms with Crippen molar-refractivity contribution >= 4 is 29.2 Å². The fourth-order valence-corrected chi connectivity index (χ4v) is 5.70. The Kier molecular flexibility index (Phi) is 6.47. The summed E-state index contributed by atoms with van der Waals surface area (Å²) in [5, 5.41) is 14.0. The molecular weight excluding hydrogens is 449 g/mol. The molecule has 9 heteroatoms. The van der Waals surface area contributed by atoms with Crippen LogP contribution in [0.25, 0.3) is 0 Å². The minimum atomic E-state index is -1.50. The first-order valence-corrected chi connectivity index (χ1v) is 11.3. The summed E-state index contributed by atoms with van der Waals surface area (Å²) in [5.41, 5.74) is 0.263. The summed E-state index contributed by atoms with van der Waals surface area (Å²) in [5.74, 6) is -4.00. The van der Waals surface area contributed by atoms with Gasteiger partial charge in [-0.05, 0) is 49.4 Å². The molecule has 0 spiro atoms. The van der Waals surface area contributed by atoms with E-state index in [4.69, 9.17) is 16.3 Å². The minimum absolute atomic E-state index is 0.0315. The molecule has 3 atom stereocenters. The largest absolute Gasteiger partial charge is 0.391 e. The number of rotatable bonds is 6. The average molecular weight is 473 g/mol. The second-order valence-corrected chi connectivity index (χ2v) is 9.63. The second kappa shape index (κ2) is 8.83. The zero-order valence-electron chi connectivity index (χ0n) is 17.2. The topological polar surface area (TPSA) is 44.7 Å². The monoisotopic (exact) mass is 472 g/mol. The summed E-state index contributed by atoms with van der Waals surface area (Å²) in [6.07, 6.45) is 1.13. The molecule has 2 aliphatic heterocycles. The van der Waals surface area contributed by atoms with E-state index >= 15 is 0 Å². The number of nitrogens with one attached hydrogen (secondary N) is 1. The maximum atomic E-state index is 13.7. The molecule has 4 rings (SSSR count). The maximum absolute atomic E-state index is 13.7. The van der Waals surface area contributed by atoms with Crippen molar-refractivity contribution in [3.63, 3.8) is 0 Å². The number of benzene rings is 2. The third kappa shape index (κ3) is 4.28. The summed E-state index contributed by atoms with van der Waals surface area (Å²) in [6, 6.07) is 7.65. The van der Waals surface area contributed by atoms with Crippen molar-refractivity contribution in [3.8, 4) is 0 Å². The summed E-state index contributed by atoms with van der Waals surface area (Å²) in [7, 11) is 0. The number of nitrogens with zero attached hydrogens (tertiary/aromatic N) is 1. The maximum Gasteiger partial charge on any atom is 0.194 e. The predicted octanol–water partition coefficient (Wildman–Crippen LogP) is 5.34. The Bertz CT molecular complexity index is 953. The second-order valence-electron chi connectivity index (χ2n) is 8.18. The Morgan fingerprint density at radius 1 is 1.23 bits per heavy atom. The Hall–Kier alpha value is -1.45. The van der Waals surface area contributed by atoms with Crippen LogP contribution in [-0.2, 0) is 10.3 Å². The minimum Gasteiger partial charge on any atom is -0.391 e. The molecule has 0 amide bonds. The van der Waals surface area contributed by atoms with Crippen molar-refractivity contribution in [1.29, 1.82) is 0 Å². The van der Waals surface area contributed by atoms with Crippen LogP contribution in [0, 0.1) is 17.5 Å². The van der Waals surface area contributed by atoms with E-state index in [1.807, 2.05) is 19.1 Å². The van der Waals surface area contributed by atoms with Gasteiger partial charge < -0.3 is 15.2 Å². The molecule has 4 nitrogen and oxygen atoms in total. The van der Waals surface area contributed by atoms with E-state index in [2.05, 4.69) is 16.5 Å². The van der Waals surface area contributed by atoms with Gasteiger partial charge in [-0.2, -0.15) is 0 Å². The van der Waals surface area contributed by atoms with Crippen molar-refractivity contribution in [1.82, 2.24) is 4.31 Å². The molecule has 2 heterocycles. The number of aliphatic hydroxyl groups excluding tert-OH is 1. The number of aliphatic hydroxyl groups is 1. The molecular formula is C22H24ClF3N2O2S. The summed E-state index contributed by atoms with van der Waals surface area (Å²) >= 11 is 7.98. The highest BCUT2D eigenvalue weighted by Gasteiger charge is 2.42. The van der Waals surface area contributed by atoms with Gasteiger partial charge in [0.15, 0.2) is 17.5 Å². The Labute approximate surface area is 188 Å². The number of hydrogen-bond acceptors (Lipinski definition) is 5. The van der Waals surface area contributed by atoms with Gasteiger partial charge in [0.1, 0.15) is 5.54 Å². The standard InChI is InChI=1S/C22H24ClF3N2O2S/c1-3-18-19(29)6-12(2)28(18)31-20-7-13(4-5-15(20)23)22(10-30-11-22)27-14-8-16(24)21(26)17(25)9-14/h4-5,7-9,12,18-19,27,29H,3,6,10-11H2,1-2H3. The van der Waals surface area contributed by atoms with Gasteiger partial charge in [0.2, 0.25) is 0 Å². The Morgan fingerprint density at radius 2 is 1.90 bits per heavy atom. The highest BCUT2D eigenvalue weighted by molar-refractivity contribution is 7.97. The summed E-state index contributed by atoms with van der Waals surface area (Å²) in [4.78, 5) is 0.822. The van der Waals surface area contributed by atoms with Gasteiger partial charge in [-0.3, -0.25) is 0 Å². The molecule has 0 radical (unpaired) electrons. The highest BCUT2D eigenvalue weighted by atomic mass is 35.5. The van der Waals surface area contributed by atoms with Crippen LogP contribution in [0.3, 0.4) is 0 Å². The van der Waals surface area contributed by atoms with E-state index < -0.39 is 23.0 Å². The van der Waals surface area contributed by atoms with Gasteiger partial charge in [-0.1, -0.05) is 24.6 Å². The van der Waals surface area contributed by atoms with Gasteiger partial charge >= 0.3 is 0 Å². The van der Waals surface area contributed by atoms with Crippen molar-refractivity contribution in [3.05, 3.63) is 58.4 Å². The van der Waals surface area contributed by atoms with Gasteiger partial charge in [0.05, 0.1) is 24.3 Å². The zero-order valence-corrected chi connectivity index (χ0v) is 18.7. The fourth-order valence-electron chi connectivity index (χ4n) is 4.22. The van der Waals surface area contributed by atoms with Crippen LogP contribution in [-0.4, -0.2) is 40.8 Å². The molecule has 0 aromatic heterocycles. The van der Waals surface area contributed by atoms with Crippen LogP contribution in [0.2, 0.25) is 5.02 Å². The quantitative estimate of drug-likeness (QED) is 0.439. The number of hydrogen-bond donors (Lipinski definition) is 2. The molecule has 2 aromatic carbocycles. The van der Waals surface area contributed by atoms with Crippen LogP contribution < -0.4 is 5.32 Å². The van der Waals surface area contributed by atoms with Gasteiger partial charge in [0.25, 0.3) is 0 Å². The van der Waals surface area contributed by atoms with E-state index in [1.165, 1.54) is 11.9 Å². The molecule has 2 saturated heterocycles. The molecule has 3 unspecified atom stereocenters. The van der Waals surface area contributed by atoms with Crippen molar-refractivity contribution < 1.29 is 23.0 Å². The zero-order chi connectivity index (χ0) is 22.3. The summed E-state index contributed by atoms with van der Waals surface area (Å²) < 4.78 is 48.3. The molecule has 31 heavy (non-hydrogen) atoms. The van der Waals surface area contributed by atoms with Crippen LogP contribution in [0.5, 0.6) is 0 Å². The highest BCUT2D eigenvalue weighted by Crippen LogP contribution is 2.42. The van der Waals surface area contributed by atoms with Crippen LogP contribution in [0.15, 0.2) is 35.2 Å². The van der Waals surface area contributed by atoms with Crippen molar-refractivity contribution in [2.24, 2.45) is 0 Å². The van der Waals surface area contributed by atoms with E-state index in [1.54, 1.807) is 6.07 Å². The first-order valence-electron chi connectivity index (χ1n) is 10.2. The normalized spacial score (nSPS) is 25.5.